The first-order valence-corrected chi connectivity index (χ1v) is 31.3. The van der Waals surface area contributed by atoms with E-state index in [1.165, 1.54) is 24.3 Å². The summed E-state index contributed by atoms with van der Waals surface area (Å²) in [6.07, 6.45) is 1.35. The van der Waals surface area contributed by atoms with Crippen LogP contribution < -0.4 is 54.0 Å². The number of unbranched alkanes of at least 4 members (excludes halogenated alkanes) is 1. The van der Waals surface area contributed by atoms with E-state index in [2.05, 4.69) is 52.5 Å². The number of rotatable bonds is 38. The summed E-state index contributed by atoms with van der Waals surface area (Å²) in [4.78, 5) is 158. The quantitative estimate of drug-likeness (QED) is 0.0248. The number of H-pyrrole nitrogens is 2. The van der Waals surface area contributed by atoms with Gasteiger partial charge in [-0.1, -0.05) is 107 Å². The van der Waals surface area contributed by atoms with Gasteiger partial charge < -0.3 is 84.4 Å². The molecule has 0 aliphatic heterocycles. The van der Waals surface area contributed by atoms with Crippen molar-refractivity contribution in [3.8, 4) is 5.75 Å². The maximum absolute atomic E-state index is 15.4. The highest BCUT2D eigenvalue weighted by molar-refractivity contribution is 5.99. The molecule has 0 radical (unpaired) electrons. The Morgan fingerprint density at radius 3 is 1.27 bits per heavy atom. The fraction of sp³-hybridized carbons (Fsp3) is 0.418. The van der Waals surface area contributed by atoms with Crippen molar-refractivity contribution in [2.75, 3.05) is 6.54 Å². The SMILES string of the molecule is CC(C)C[C@H](NC(=O)[C@H](Cc1ccccc1)NC(=O)[C@H](CCC(=O)O)NC(=O)[C@H](Cc1c[nH]c2ccccc12)NC(=O)[C@H](Cc1c[nH]c2ccccc12)NC(=O)[C@H](Cc1ccc(O)cc1)NC(=O)[C@H](CC(C)C)NC(=O)[C@H](CCCCN)NC(=O)[C@@H](N)CC(=O)O)C(=O)O. The fourth-order valence-electron chi connectivity index (χ4n) is 10.8. The lowest BCUT2D eigenvalue weighted by atomic mass is 9.99. The van der Waals surface area contributed by atoms with E-state index in [1.807, 2.05) is 0 Å². The number of amides is 8. The third-order valence-electron chi connectivity index (χ3n) is 15.6. The average Bonchev–Trinajstić information content (AvgIpc) is 1.71. The van der Waals surface area contributed by atoms with E-state index in [0.29, 0.717) is 56.9 Å². The van der Waals surface area contributed by atoms with E-state index in [0.717, 1.165) is 0 Å². The number of nitrogens with two attached hydrogens (primary N) is 2. The molecule has 0 saturated heterocycles. The van der Waals surface area contributed by atoms with Gasteiger partial charge in [0.1, 0.15) is 54.1 Å². The Hall–Kier alpha value is -10.1. The number of carbonyl (C=O) groups excluding carboxylic acids is 8. The smallest absolute Gasteiger partial charge is 0.326 e. The van der Waals surface area contributed by atoms with Gasteiger partial charge in [0.2, 0.25) is 47.3 Å². The van der Waals surface area contributed by atoms with Crippen LogP contribution in [0.4, 0.5) is 0 Å². The largest absolute Gasteiger partial charge is 0.508 e. The average molecular weight is 1300 g/mol. The van der Waals surface area contributed by atoms with Crippen LogP contribution in [0.25, 0.3) is 21.8 Å². The number of fused-ring (bicyclic) bond motifs is 2. The molecule has 8 amide bonds. The third-order valence-corrected chi connectivity index (χ3v) is 15.6. The zero-order chi connectivity index (χ0) is 68.6. The highest BCUT2D eigenvalue weighted by atomic mass is 16.4. The molecule has 2 aromatic heterocycles. The van der Waals surface area contributed by atoms with Crippen molar-refractivity contribution < 1.29 is 73.2 Å². The number of para-hydroxylation sites is 2. The van der Waals surface area contributed by atoms with Crippen molar-refractivity contribution in [2.45, 2.75) is 159 Å². The van der Waals surface area contributed by atoms with E-state index in [4.69, 9.17) is 11.5 Å². The lowest BCUT2D eigenvalue weighted by molar-refractivity contribution is -0.143. The topological polar surface area (TPSA) is 449 Å². The van der Waals surface area contributed by atoms with Gasteiger partial charge >= 0.3 is 17.9 Å². The van der Waals surface area contributed by atoms with Gasteiger partial charge in [-0.05, 0) is 103 Å². The molecule has 27 nitrogen and oxygen atoms in total. The van der Waals surface area contributed by atoms with Crippen LogP contribution in [-0.4, -0.2) is 156 Å². The number of aliphatic carboxylic acids is 3. The first-order valence-electron chi connectivity index (χ1n) is 31.3. The Bertz CT molecular complexity index is 3590. The summed E-state index contributed by atoms with van der Waals surface area (Å²) < 4.78 is 0. The molecule has 27 heteroatoms. The molecule has 18 N–H and O–H groups in total. The normalized spacial score (nSPS) is 14.2. The fourth-order valence-corrected chi connectivity index (χ4v) is 10.8. The van der Waals surface area contributed by atoms with Gasteiger partial charge in [0, 0.05) is 66.3 Å². The Morgan fingerprint density at radius 2 is 0.809 bits per heavy atom. The van der Waals surface area contributed by atoms with Gasteiger partial charge in [0.25, 0.3) is 0 Å². The van der Waals surface area contributed by atoms with Crippen LogP contribution in [0.15, 0.2) is 116 Å². The lowest BCUT2D eigenvalue weighted by Gasteiger charge is -2.29. The van der Waals surface area contributed by atoms with Gasteiger partial charge in [-0.2, -0.15) is 0 Å². The second-order valence-corrected chi connectivity index (χ2v) is 24.2. The highest BCUT2D eigenvalue weighted by Gasteiger charge is 2.37. The monoisotopic (exact) mass is 1300 g/mol. The van der Waals surface area contributed by atoms with E-state index >= 15 is 14.4 Å². The van der Waals surface area contributed by atoms with Crippen molar-refractivity contribution in [3.63, 3.8) is 0 Å². The molecule has 94 heavy (non-hydrogen) atoms. The number of benzene rings is 4. The minimum atomic E-state index is -1.68. The number of carboxylic acids is 3. The number of hydrogen-bond acceptors (Lipinski definition) is 14. The Kier molecular flexibility index (Phi) is 27.6. The summed E-state index contributed by atoms with van der Waals surface area (Å²) in [7, 11) is 0. The van der Waals surface area contributed by atoms with Crippen molar-refractivity contribution in [2.24, 2.45) is 23.3 Å². The van der Waals surface area contributed by atoms with Crippen LogP contribution in [0.5, 0.6) is 5.75 Å². The number of aromatic hydroxyl groups is 1. The van der Waals surface area contributed by atoms with Crippen LogP contribution in [0.2, 0.25) is 0 Å². The van der Waals surface area contributed by atoms with Crippen molar-refractivity contribution in [3.05, 3.63) is 138 Å². The number of carbonyl (C=O) groups is 11. The standard InChI is InChI=1S/C67H86N12O15/c1-37(2)28-51(74-60(86)49(20-12-13-27-68)72-59(85)46(69)34-58(83)84)62(88)76-53(31-40-21-23-43(80)24-22-40)63(89)77-55(33-42-36-71-48-19-11-9-17-45(42)48)66(92)78-54(32-41-35-70-47-18-10-8-16-44(41)47)65(91)73-50(25-26-57(81)82)61(87)75-52(30-39-14-6-5-7-15-39)64(90)79-56(67(93)94)29-38(3)4/h5-11,14-19,21-24,35-38,46,49-56,70-71,80H,12-13,20,25-34,68-69H2,1-4H3,(H,72,85)(H,73,91)(H,74,86)(H,75,87)(H,76,88)(H,77,89)(H,78,92)(H,79,90)(H,81,82)(H,83,84)(H,93,94)/t46-,49-,50-,51-,52-,53-,54-,55-,56-/m0/s1. The molecule has 504 valence electrons. The number of hydrogen-bond donors (Lipinski definition) is 16. The molecule has 0 saturated carbocycles. The molecular weight excluding hydrogens is 1210 g/mol. The van der Waals surface area contributed by atoms with Crippen LogP contribution in [0.3, 0.4) is 0 Å². The zero-order valence-corrected chi connectivity index (χ0v) is 52.9. The Morgan fingerprint density at radius 1 is 0.426 bits per heavy atom. The van der Waals surface area contributed by atoms with Gasteiger partial charge in [-0.15, -0.1) is 0 Å². The Balaban J connectivity index is 1.36. The molecule has 0 aliphatic carbocycles. The van der Waals surface area contributed by atoms with E-state index in [1.54, 1.807) is 119 Å². The summed E-state index contributed by atoms with van der Waals surface area (Å²) >= 11 is 0. The number of aromatic nitrogens is 2. The predicted octanol–water partition coefficient (Wildman–Crippen LogP) is 2.48. The lowest BCUT2D eigenvalue weighted by Crippen LogP contribution is -2.61. The maximum Gasteiger partial charge on any atom is 0.326 e. The molecule has 6 aromatic rings. The molecular formula is C67H86N12O15. The molecule has 2 heterocycles. The summed E-state index contributed by atoms with van der Waals surface area (Å²) in [6, 6.07) is 15.1. The van der Waals surface area contributed by atoms with Gasteiger partial charge in [0.05, 0.1) is 12.5 Å². The molecule has 0 bridgehead atoms. The summed E-state index contributed by atoms with van der Waals surface area (Å²) in [5.74, 6) is -11.8. The molecule has 0 spiro atoms. The summed E-state index contributed by atoms with van der Waals surface area (Å²) in [5.41, 5.74) is 14.9. The number of carboxylic acid groups (broad SMARTS) is 3. The van der Waals surface area contributed by atoms with E-state index in [9.17, 15) is 58.8 Å². The second-order valence-electron chi connectivity index (χ2n) is 24.2. The van der Waals surface area contributed by atoms with Crippen LogP contribution in [-0.2, 0) is 78.4 Å². The molecule has 6 rings (SSSR count). The molecule has 0 aliphatic rings. The third kappa shape index (κ3) is 22.6. The van der Waals surface area contributed by atoms with Crippen molar-refractivity contribution in [1.29, 1.82) is 0 Å². The minimum absolute atomic E-state index is 0.00662. The van der Waals surface area contributed by atoms with Gasteiger partial charge in [0.15, 0.2) is 0 Å². The van der Waals surface area contributed by atoms with Crippen LogP contribution in [0, 0.1) is 11.8 Å². The highest BCUT2D eigenvalue weighted by Crippen LogP contribution is 2.23. The second kappa shape index (κ2) is 35.6. The first kappa shape index (κ1) is 72.9. The minimum Gasteiger partial charge on any atom is -0.508 e. The molecule has 0 fully saturated rings. The number of nitrogens with one attached hydrogen (secondary N) is 10. The van der Waals surface area contributed by atoms with Gasteiger partial charge in [-0.25, -0.2) is 4.79 Å². The van der Waals surface area contributed by atoms with Crippen LogP contribution in [0.1, 0.15) is 101 Å². The Labute approximate surface area is 543 Å². The van der Waals surface area contributed by atoms with Gasteiger partial charge in [-0.3, -0.25) is 47.9 Å². The van der Waals surface area contributed by atoms with E-state index in [-0.39, 0.29) is 69.1 Å². The number of aromatic amines is 2. The maximum atomic E-state index is 15.4. The molecule has 4 aromatic carbocycles. The van der Waals surface area contributed by atoms with Crippen LogP contribution >= 0.6 is 0 Å². The van der Waals surface area contributed by atoms with Crippen molar-refractivity contribution in [1.82, 2.24) is 52.5 Å². The van der Waals surface area contributed by atoms with E-state index < -0.39 is 139 Å². The zero-order valence-electron chi connectivity index (χ0n) is 52.9. The predicted molar refractivity (Wildman–Crippen MR) is 348 cm³/mol. The molecule has 9 atom stereocenters. The number of phenolic OH excluding ortho intramolecular Hbond substituents is 1. The number of phenols is 1. The first-order chi connectivity index (χ1) is 44.8. The summed E-state index contributed by atoms with van der Waals surface area (Å²) in [5, 5.41) is 62.1. The molecule has 0 unspecified atom stereocenters. The summed E-state index contributed by atoms with van der Waals surface area (Å²) in [6.45, 7) is 7.36. The van der Waals surface area contributed by atoms with Crippen molar-refractivity contribution >= 4 is 87.0 Å².